The number of benzene rings is 1. The van der Waals surface area contributed by atoms with E-state index in [0.717, 1.165) is 41.0 Å². The molecule has 0 spiro atoms. The van der Waals surface area contributed by atoms with E-state index in [9.17, 15) is 4.79 Å². The number of carbonyl (C=O) groups excluding carboxylic acids is 1. The van der Waals surface area contributed by atoms with E-state index in [4.69, 9.17) is 0 Å². The summed E-state index contributed by atoms with van der Waals surface area (Å²) in [7, 11) is 0. The lowest BCUT2D eigenvalue weighted by molar-refractivity contribution is -0.122. The molecule has 1 N–H and O–H groups in total. The van der Waals surface area contributed by atoms with Crippen LogP contribution in [0.1, 0.15) is 30.7 Å². The highest BCUT2D eigenvalue weighted by Crippen LogP contribution is 2.28. The molecule has 1 saturated carbocycles. The van der Waals surface area contributed by atoms with Crippen LogP contribution in [0, 0.1) is 19.8 Å². The Hall–Kier alpha value is -1.97. The zero-order chi connectivity index (χ0) is 13.4. The number of anilines is 1. The van der Waals surface area contributed by atoms with Crippen molar-refractivity contribution in [2.75, 3.05) is 5.32 Å². The fourth-order valence-electron chi connectivity index (χ4n) is 2.22. The molecule has 2 aromatic rings. The molecule has 3 rings (SSSR count). The molecule has 0 radical (unpaired) electrons. The van der Waals surface area contributed by atoms with Crippen LogP contribution in [-0.2, 0) is 4.79 Å². The van der Waals surface area contributed by atoms with Gasteiger partial charge < -0.3 is 5.32 Å². The second-order valence-corrected chi connectivity index (χ2v) is 5.21. The summed E-state index contributed by atoms with van der Waals surface area (Å²) in [5.41, 5.74) is 4.37. The summed E-state index contributed by atoms with van der Waals surface area (Å²) in [5.74, 6) is 0.323. The molecule has 4 heteroatoms. The normalized spacial score (nSPS) is 15.3. The molecule has 1 amide bonds. The molecule has 0 atom stereocenters. The summed E-state index contributed by atoms with van der Waals surface area (Å²) < 4.78 is 0. The summed E-state index contributed by atoms with van der Waals surface area (Å²) in [6.07, 6.45) is 3.19. The topological polar surface area (TPSA) is 54.9 Å². The van der Waals surface area contributed by atoms with Crippen molar-refractivity contribution in [3.05, 3.63) is 29.6 Å². The first-order valence-electron chi connectivity index (χ1n) is 6.69. The van der Waals surface area contributed by atoms with E-state index in [2.05, 4.69) is 15.3 Å². The number of aromatic nitrogens is 2. The maximum absolute atomic E-state index is 11.9. The van der Waals surface area contributed by atoms with Crippen molar-refractivity contribution in [1.29, 1.82) is 0 Å². The lowest BCUT2D eigenvalue weighted by Crippen LogP contribution is -2.27. The van der Waals surface area contributed by atoms with Gasteiger partial charge in [-0.3, -0.25) is 4.79 Å². The van der Waals surface area contributed by atoms with E-state index < -0.39 is 0 Å². The molecule has 19 heavy (non-hydrogen) atoms. The van der Waals surface area contributed by atoms with Crippen LogP contribution in [0.15, 0.2) is 18.2 Å². The predicted octanol–water partition coefficient (Wildman–Crippen LogP) is 2.99. The third kappa shape index (κ3) is 2.30. The number of rotatable bonds is 2. The first kappa shape index (κ1) is 12.1. The van der Waals surface area contributed by atoms with Gasteiger partial charge in [0.2, 0.25) is 5.91 Å². The Morgan fingerprint density at radius 3 is 2.47 bits per heavy atom. The van der Waals surface area contributed by atoms with E-state index in [-0.39, 0.29) is 11.8 Å². The maximum Gasteiger partial charge on any atom is 0.227 e. The third-order valence-corrected chi connectivity index (χ3v) is 3.82. The zero-order valence-electron chi connectivity index (χ0n) is 11.2. The monoisotopic (exact) mass is 255 g/mol. The van der Waals surface area contributed by atoms with Crippen molar-refractivity contribution >= 4 is 22.6 Å². The van der Waals surface area contributed by atoms with Crippen LogP contribution in [0.2, 0.25) is 0 Å². The van der Waals surface area contributed by atoms with E-state index >= 15 is 0 Å². The van der Waals surface area contributed by atoms with Gasteiger partial charge in [0.15, 0.2) is 0 Å². The van der Waals surface area contributed by atoms with Gasteiger partial charge in [-0.25, -0.2) is 9.97 Å². The van der Waals surface area contributed by atoms with Crippen LogP contribution < -0.4 is 5.32 Å². The molecule has 1 fully saturated rings. The summed E-state index contributed by atoms with van der Waals surface area (Å²) in [6.45, 7) is 3.90. The fourth-order valence-corrected chi connectivity index (χ4v) is 2.22. The Morgan fingerprint density at radius 1 is 1.16 bits per heavy atom. The number of carbonyl (C=O) groups is 1. The first-order valence-corrected chi connectivity index (χ1v) is 6.69. The average molecular weight is 255 g/mol. The maximum atomic E-state index is 11.9. The molecule has 1 aliphatic rings. The molecule has 0 bridgehead atoms. The van der Waals surface area contributed by atoms with Crippen LogP contribution in [0.3, 0.4) is 0 Å². The summed E-state index contributed by atoms with van der Waals surface area (Å²) in [5, 5.41) is 2.96. The summed E-state index contributed by atoms with van der Waals surface area (Å²) >= 11 is 0. The zero-order valence-corrected chi connectivity index (χ0v) is 11.2. The third-order valence-electron chi connectivity index (χ3n) is 3.82. The minimum Gasteiger partial charge on any atom is -0.326 e. The molecular weight excluding hydrogens is 238 g/mol. The second-order valence-electron chi connectivity index (χ2n) is 5.21. The van der Waals surface area contributed by atoms with Gasteiger partial charge in [0.25, 0.3) is 0 Å². The Kier molecular flexibility index (Phi) is 2.93. The predicted molar refractivity (Wildman–Crippen MR) is 75.0 cm³/mol. The van der Waals surface area contributed by atoms with E-state index in [1.54, 1.807) is 0 Å². The highest BCUT2D eigenvalue weighted by Gasteiger charge is 2.25. The van der Waals surface area contributed by atoms with Gasteiger partial charge in [-0.05, 0) is 44.9 Å². The molecular formula is C15H17N3O. The largest absolute Gasteiger partial charge is 0.326 e. The smallest absolute Gasteiger partial charge is 0.227 e. The highest BCUT2D eigenvalue weighted by molar-refractivity contribution is 5.94. The second kappa shape index (κ2) is 4.61. The van der Waals surface area contributed by atoms with Gasteiger partial charge in [-0.15, -0.1) is 0 Å². The van der Waals surface area contributed by atoms with Crippen molar-refractivity contribution in [2.24, 2.45) is 5.92 Å². The Labute approximate surface area is 112 Å². The van der Waals surface area contributed by atoms with E-state index in [1.165, 1.54) is 6.42 Å². The van der Waals surface area contributed by atoms with Gasteiger partial charge in [0.05, 0.1) is 22.4 Å². The molecule has 0 saturated heterocycles. The van der Waals surface area contributed by atoms with Crippen molar-refractivity contribution in [3.8, 4) is 0 Å². The van der Waals surface area contributed by atoms with Gasteiger partial charge in [0.1, 0.15) is 0 Å². The number of aryl methyl sites for hydroxylation is 2. The van der Waals surface area contributed by atoms with Crippen LogP contribution in [0.4, 0.5) is 5.69 Å². The van der Waals surface area contributed by atoms with E-state index in [0.29, 0.717) is 0 Å². The fraction of sp³-hybridized carbons (Fsp3) is 0.400. The van der Waals surface area contributed by atoms with Crippen LogP contribution >= 0.6 is 0 Å². The minimum absolute atomic E-state index is 0.127. The molecule has 1 aromatic heterocycles. The van der Waals surface area contributed by atoms with Gasteiger partial charge >= 0.3 is 0 Å². The lowest BCUT2D eigenvalue weighted by Gasteiger charge is -2.24. The summed E-state index contributed by atoms with van der Waals surface area (Å²) in [6, 6.07) is 5.69. The molecule has 0 aliphatic heterocycles. The Bertz CT molecular complexity index is 647. The Morgan fingerprint density at radius 2 is 1.84 bits per heavy atom. The molecule has 4 nitrogen and oxygen atoms in total. The van der Waals surface area contributed by atoms with Crippen molar-refractivity contribution in [1.82, 2.24) is 9.97 Å². The van der Waals surface area contributed by atoms with Gasteiger partial charge in [-0.1, -0.05) is 6.42 Å². The quantitative estimate of drug-likeness (QED) is 0.897. The molecule has 1 aliphatic carbocycles. The SMILES string of the molecule is Cc1nc2ccc(NC(=O)C3CCC3)cc2nc1C. The Balaban J connectivity index is 1.88. The number of hydrogen-bond donors (Lipinski definition) is 1. The van der Waals surface area contributed by atoms with Crippen molar-refractivity contribution < 1.29 is 4.79 Å². The average Bonchev–Trinajstić information content (AvgIpc) is 2.28. The first-order chi connectivity index (χ1) is 9.13. The standard InChI is InChI=1S/C15H17N3O/c1-9-10(2)17-14-8-12(6-7-13(14)16-9)18-15(19)11-4-3-5-11/h6-8,11H,3-5H2,1-2H3,(H,18,19). The highest BCUT2D eigenvalue weighted by atomic mass is 16.1. The van der Waals surface area contributed by atoms with Crippen molar-refractivity contribution in [2.45, 2.75) is 33.1 Å². The number of fused-ring (bicyclic) bond motifs is 1. The van der Waals surface area contributed by atoms with E-state index in [1.807, 2.05) is 32.0 Å². The number of amides is 1. The van der Waals surface area contributed by atoms with Crippen LogP contribution in [0.5, 0.6) is 0 Å². The van der Waals surface area contributed by atoms with Crippen LogP contribution in [0.25, 0.3) is 11.0 Å². The lowest BCUT2D eigenvalue weighted by atomic mass is 9.85. The molecule has 0 unspecified atom stereocenters. The molecule has 1 aromatic carbocycles. The number of hydrogen-bond acceptors (Lipinski definition) is 3. The van der Waals surface area contributed by atoms with Crippen LogP contribution in [-0.4, -0.2) is 15.9 Å². The summed E-state index contributed by atoms with van der Waals surface area (Å²) in [4.78, 5) is 20.9. The number of nitrogens with one attached hydrogen (secondary N) is 1. The molecule has 98 valence electrons. The minimum atomic E-state index is 0.127. The van der Waals surface area contributed by atoms with Crippen molar-refractivity contribution in [3.63, 3.8) is 0 Å². The number of nitrogens with zero attached hydrogens (tertiary/aromatic N) is 2. The molecule has 1 heterocycles. The van der Waals surface area contributed by atoms with Gasteiger partial charge in [0, 0.05) is 11.6 Å². The van der Waals surface area contributed by atoms with Gasteiger partial charge in [-0.2, -0.15) is 0 Å².